The first-order chi connectivity index (χ1) is 8.00. The molecule has 0 spiro atoms. The molecule has 92 valence electrons. The maximum absolute atomic E-state index is 12.8. The van der Waals surface area contributed by atoms with Gasteiger partial charge in [0, 0.05) is 18.7 Å². The van der Waals surface area contributed by atoms with E-state index in [0.29, 0.717) is 0 Å². The molecule has 0 saturated carbocycles. The van der Waals surface area contributed by atoms with Crippen LogP contribution in [-0.4, -0.2) is 25.0 Å². The van der Waals surface area contributed by atoms with Gasteiger partial charge >= 0.3 is 6.03 Å². The summed E-state index contributed by atoms with van der Waals surface area (Å²) in [5.74, 6) is -0.972. The summed E-state index contributed by atoms with van der Waals surface area (Å²) in [6, 6.07) is 3.02. The first-order valence-electron chi connectivity index (χ1n) is 4.87. The third-order valence-corrected chi connectivity index (χ3v) is 1.97. The molecule has 6 N–H and O–H groups in total. The van der Waals surface area contributed by atoms with Crippen LogP contribution in [0, 0.1) is 5.82 Å². The highest BCUT2D eigenvalue weighted by molar-refractivity contribution is 5.95. The smallest absolute Gasteiger partial charge is 0.312 e. The molecule has 0 radical (unpaired) electrons. The van der Waals surface area contributed by atoms with Crippen molar-refractivity contribution in [1.29, 1.82) is 0 Å². The van der Waals surface area contributed by atoms with Crippen molar-refractivity contribution in [3.63, 3.8) is 0 Å². The molecule has 6 nitrogen and oxygen atoms in total. The molecule has 1 aromatic rings. The molecule has 17 heavy (non-hydrogen) atoms. The summed E-state index contributed by atoms with van der Waals surface area (Å²) in [6.45, 7) is 0.441. The third kappa shape index (κ3) is 3.98. The van der Waals surface area contributed by atoms with Gasteiger partial charge in [0.05, 0.1) is 5.69 Å². The minimum atomic E-state index is -0.662. The summed E-state index contributed by atoms with van der Waals surface area (Å²) in [5.41, 5.74) is 10.3. The Morgan fingerprint density at radius 2 is 1.88 bits per heavy atom. The van der Waals surface area contributed by atoms with Crippen molar-refractivity contribution < 1.29 is 14.0 Å². The molecule has 1 aromatic carbocycles. The fraction of sp³-hybridized carbons (Fsp3) is 0.200. The summed E-state index contributed by atoms with van der Waals surface area (Å²) in [4.78, 5) is 21.9. The Labute approximate surface area is 97.2 Å². The minimum Gasteiger partial charge on any atom is -0.396 e. The average molecular weight is 240 g/mol. The molecule has 3 amide bonds. The molecule has 0 aromatic heterocycles. The lowest BCUT2D eigenvalue weighted by Gasteiger charge is -2.06. The number of rotatable bonds is 4. The van der Waals surface area contributed by atoms with Crippen LogP contribution in [0.1, 0.15) is 10.4 Å². The van der Waals surface area contributed by atoms with E-state index >= 15 is 0 Å². The van der Waals surface area contributed by atoms with Gasteiger partial charge in [-0.2, -0.15) is 0 Å². The van der Waals surface area contributed by atoms with Crippen LogP contribution in [0.25, 0.3) is 0 Å². The zero-order chi connectivity index (χ0) is 12.8. The van der Waals surface area contributed by atoms with Crippen LogP contribution in [0.5, 0.6) is 0 Å². The summed E-state index contributed by atoms with van der Waals surface area (Å²) < 4.78 is 12.8. The van der Waals surface area contributed by atoms with Crippen LogP contribution in [0.3, 0.4) is 0 Å². The Morgan fingerprint density at radius 1 is 1.24 bits per heavy atom. The van der Waals surface area contributed by atoms with Gasteiger partial charge in [-0.3, -0.25) is 4.79 Å². The third-order valence-electron chi connectivity index (χ3n) is 1.97. The van der Waals surface area contributed by atoms with Gasteiger partial charge < -0.3 is 22.1 Å². The molecule has 0 aliphatic heterocycles. The predicted molar refractivity (Wildman–Crippen MR) is 60.7 cm³/mol. The maximum Gasteiger partial charge on any atom is 0.312 e. The van der Waals surface area contributed by atoms with Gasteiger partial charge in [-0.05, 0) is 18.2 Å². The van der Waals surface area contributed by atoms with E-state index in [-0.39, 0.29) is 24.3 Å². The predicted octanol–water partition coefficient (Wildman–Crippen LogP) is -0.194. The summed E-state index contributed by atoms with van der Waals surface area (Å²) >= 11 is 0. The van der Waals surface area contributed by atoms with Gasteiger partial charge in [0.25, 0.3) is 5.91 Å². The monoisotopic (exact) mass is 240 g/mol. The average Bonchev–Trinajstić information content (AvgIpc) is 2.27. The summed E-state index contributed by atoms with van der Waals surface area (Å²) in [6.07, 6.45) is 0. The van der Waals surface area contributed by atoms with Crippen molar-refractivity contribution in [2.45, 2.75) is 0 Å². The fourth-order valence-corrected chi connectivity index (χ4v) is 1.15. The van der Waals surface area contributed by atoms with Crippen LogP contribution in [0.4, 0.5) is 14.9 Å². The molecule has 0 heterocycles. The number of nitrogens with one attached hydrogen (secondary N) is 2. The Morgan fingerprint density at radius 3 is 2.47 bits per heavy atom. The molecular weight excluding hydrogens is 227 g/mol. The van der Waals surface area contributed by atoms with Crippen molar-refractivity contribution in [2.75, 3.05) is 18.8 Å². The fourth-order valence-electron chi connectivity index (χ4n) is 1.15. The van der Waals surface area contributed by atoms with E-state index in [0.717, 1.165) is 6.07 Å². The van der Waals surface area contributed by atoms with Crippen LogP contribution in [0.2, 0.25) is 0 Å². The first kappa shape index (κ1) is 12.8. The van der Waals surface area contributed by atoms with E-state index in [1.54, 1.807) is 0 Å². The second kappa shape index (κ2) is 5.69. The molecule has 0 unspecified atom stereocenters. The molecule has 0 bridgehead atoms. The van der Waals surface area contributed by atoms with E-state index in [1.807, 2.05) is 0 Å². The number of nitrogen functional groups attached to an aromatic ring is 1. The highest BCUT2D eigenvalue weighted by atomic mass is 19.1. The van der Waals surface area contributed by atoms with Crippen LogP contribution >= 0.6 is 0 Å². The number of urea groups is 1. The standard InChI is InChI=1S/C10H13FN4O2/c11-7-2-1-6(5-8(7)12)9(16)14-3-4-15-10(13)17/h1-2,5H,3-4,12H2,(H,14,16)(H3,13,15,17). The Hall–Kier alpha value is -2.31. The van der Waals surface area contributed by atoms with Crippen LogP contribution in [0.15, 0.2) is 18.2 Å². The topological polar surface area (TPSA) is 110 Å². The number of primary amides is 1. The van der Waals surface area contributed by atoms with Gasteiger partial charge in [0.2, 0.25) is 0 Å². The van der Waals surface area contributed by atoms with E-state index in [1.165, 1.54) is 12.1 Å². The number of amides is 3. The second-order valence-corrected chi connectivity index (χ2v) is 3.28. The second-order valence-electron chi connectivity index (χ2n) is 3.28. The van der Waals surface area contributed by atoms with Gasteiger partial charge in [-0.15, -0.1) is 0 Å². The molecule has 7 heteroatoms. The van der Waals surface area contributed by atoms with E-state index in [4.69, 9.17) is 11.5 Å². The van der Waals surface area contributed by atoms with E-state index in [9.17, 15) is 14.0 Å². The van der Waals surface area contributed by atoms with Crippen molar-refractivity contribution in [3.05, 3.63) is 29.6 Å². The highest BCUT2D eigenvalue weighted by Gasteiger charge is 2.07. The lowest BCUT2D eigenvalue weighted by molar-refractivity contribution is 0.0954. The largest absolute Gasteiger partial charge is 0.396 e. The van der Waals surface area contributed by atoms with Gasteiger partial charge in [0.15, 0.2) is 0 Å². The van der Waals surface area contributed by atoms with Gasteiger partial charge in [-0.1, -0.05) is 0 Å². The molecule has 0 saturated heterocycles. The number of anilines is 1. The minimum absolute atomic E-state index is 0.0899. The normalized spacial score (nSPS) is 9.71. The van der Waals surface area contributed by atoms with Gasteiger partial charge in [-0.25, -0.2) is 9.18 Å². The number of carbonyl (C=O) groups excluding carboxylic acids is 2. The lowest BCUT2D eigenvalue weighted by Crippen LogP contribution is -2.37. The molecule has 0 aliphatic carbocycles. The van der Waals surface area contributed by atoms with Crippen molar-refractivity contribution >= 4 is 17.6 Å². The number of hydrogen-bond donors (Lipinski definition) is 4. The van der Waals surface area contributed by atoms with Gasteiger partial charge in [0.1, 0.15) is 5.82 Å². The van der Waals surface area contributed by atoms with E-state index in [2.05, 4.69) is 10.6 Å². The number of nitrogens with two attached hydrogens (primary N) is 2. The SMILES string of the molecule is NC(=O)NCCNC(=O)c1ccc(F)c(N)c1. The molecule has 1 rings (SSSR count). The Balaban J connectivity index is 2.47. The van der Waals surface area contributed by atoms with Crippen molar-refractivity contribution in [1.82, 2.24) is 10.6 Å². The number of halogens is 1. The van der Waals surface area contributed by atoms with E-state index < -0.39 is 17.8 Å². The zero-order valence-corrected chi connectivity index (χ0v) is 9.00. The molecule has 0 atom stereocenters. The zero-order valence-electron chi connectivity index (χ0n) is 9.00. The van der Waals surface area contributed by atoms with Crippen LogP contribution in [-0.2, 0) is 0 Å². The molecule has 0 aliphatic rings. The molecular formula is C10H13FN4O2. The molecule has 0 fully saturated rings. The summed E-state index contributed by atoms with van der Waals surface area (Å²) in [7, 11) is 0. The lowest BCUT2D eigenvalue weighted by atomic mass is 10.2. The van der Waals surface area contributed by atoms with Crippen molar-refractivity contribution in [2.24, 2.45) is 5.73 Å². The first-order valence-corrected chi connectivity index (χ1v) is 4.87. The highest BCUT2D eigenvalue weighted by Crippen LogP contribution is 2.11. The number of carbonyl (C=O) groups is 2. The Bertz CT molecular complexity index is 436. The van der Waals surface area contributed by atoms with Crippen LogP contribution < -0.4 is 22.1 Å². The van der Waals surface area contributed by atoms with Crippen molar-refractivity contribution in [3.8, 4) is 0 Å². The summed E-state index contributed by atoms with van der Waals surface area (Å²) in [5, 5.41) is 4.83. The maximum atomic E-state index is 12.8. The Kier molecular flexibility index (Phi) is 4.27. The quantitative estimate of drug-likeness (QED) is 0.432. The number of benzene rings is 1. The number of hydrogen-bond acceptors (Lipinski definition) is 3.